The standard InChI is InChI=1S/C15H15N3O5/c1-8-4-9(5-10-14(8)23-7-12(20)17-10)16-11-6-13(21)18(2-3-19)15(11)22/h4-6,16,19H,2-3,7H2,1H3,(H,17,20). The minimum absolute atomic E-state index is 0.0329. The predicted octanol–water partition coefficient (Wildman–Crippen LogP) is -0.0172. The monoisotopic (exact) mass is 317 g/mol. The molecule has 3 rings (SSSR count). The fraction of sp³-hybridized carbons (Fsp3) is 0.267. The molecule has 2 aliphatic heterocycles. The molecule has 3 N–H and O–H groups in total. The van der Waals surface area contributed by atoms with Crippen molar-refractivity contribution in [1.82, 2.24) is 4.90 Å². The molecular formula is C15H15N3O5. The maximum absolute atomic E-state index is 12.1. The van der Waals surface area contributed by atoms with Crippen molar-refractivity contribution < 1.29 is 24.2 Å². The summed E-state index contributed by atoms with van der Waals surface area (Å²) in [6.45, 7) is 1.44. The van der Waals surface area contributed by atoms with E-state index in [1.165, 1.54) is 6.08 Å². The molecule has 1 aromatic carbocycles. The van der Waals surface area contributed by atoms with E-state index in [1.807, 2.05) is 6.92 Å². The number of ether oxygens (including phenoxy) is 1. The largest absolute Gasteiger partial charge is 0.481 e. The maximum atomic E-state index is 12.1. The molecule has 0 spiro atoms. The molecule has 23 heavy (non-hydrogen) atoms. The normalized spacial score (nSPS) is 16.7. The Morgan fingerprint density at radius 3 is 2.87 bits per heavy atom. The number of nitrogens with one attached hydrogen (secondary N) is 2. The molecule has 0 fully saturated rings. The van der Waals surface area contributed by atoms with Crippen LogP contribution in [-0.2, 0) is 14.4 Å². The van der Waals surface area contributed by atoms with Crippen LogP contribution < -0.4 is 15.4 Å². The van der Waals surface area contributed by atoms with Crippen molar-refractivity contribution in [3.05, 3.63) is 29.5 Å². The summed E-state index contributed by atoms with van der Waals surface area (Å²) in [5.74, 6) is -0.646. The van der Waals surface area contributed by atoms with Crippen molar-refractivity contribution in [2.45, 2.75) is 6.92 Å². The molecule has 0 radical (unpaired) electrons. The second-order valence-electron chi connectivity index (χ2n) is 5.21. The summed E-state index contributed by atoms with van der Waals surface area (Å²) in [5, 5.41) is 14.5. The molecule has 0 aliphatic carbocycles. The number of imide groups is 1. The van der Waals surface area contributed by atoms with E-state index in [1.54, 1.807) is 12.1 Å². The third kappa shape index (κ3) is 2.76. The summed E-state index contributed by atoms with van der Waals surface area (Å²) in [6, 6.07) is 3.39. The van der Waals surface area contributed by atoms with Gasteiger partial charge in [0.15, 0.2) is 6.61 Å². The van der Waals surface area contributed by atoms with E-state index in [0.717, 1.165) is 10.5 Å². The molecule has 8 nitrogen and oxygen atoms in total. The lowest BCUT2D eigenvalue weighted by molar-refractivity contribution is -0.137. The minimum Gasteiger partial charge on any atom is -0.481 e. The Morgan fingerprint density at radius 2 is 2.13 bits per heavy atom. The van der Waals surface area contributed by atoms with Gasteiger partial charge in [0.1, 0.15) is 11.4 Å². The smallest absolute Gasteiger partial charge is 0.277 e. The molecule has 0 unspecified atom stereocenters. The summed E-state index contributed by atoms with van der Waals surface area (Å²) >= 11 is 0. The van der Waals surface area contributed by atoms with Crippen molar-refractivity contribution in [3.63, 3.8) is 0 Å². The summed E-state index contributed by atoms with van der Waals surface area (Å²) in [6.07, 6.45) is 1.18. The number of aryl methyl sites for hydroxylation is 1. The molecule has 0 aromatic heterocycles. The molecule has 120 valence electrons. The number of aliphatic hydroxyl groups excluding tert-OH is 1. The van der Waals surface area contributed by atoms with Crippen molar-refractivity contribution >= 4 is 29.1 Å². The number of anilines is 2. The molecule has 0 atom stereocenters. The van der Waals surface area contributed by atoms with Gasteiger partial charge in [-0.05, 0) is 24.6 Å². The lowest BCUT2D eigenvalue weighted by Crippen LogP contribution is -2.34. The topological polar surface area (TPSA) is 108 Å². The number of benzene rings is 1. The number of β-amino-alcohol motifs (C(OH)–C–C–N with tert-alkyl or cyclic N) is 1. The Kier molecular flexibility index (Phi) is 3.75. The van der Waals surface area contributed by atoms with E-state index < -0.39 is 11.8 Å². The van der Waals surface area contributed by atoms with Crippen LogP contribution in [0, 0.1) is 6.92 Å². The van der Waals surface area contributed by atoms with Gasteiger partial charge < -0.3 is 20.5 Å². The second-order valence-corrected chi connectivity index (χ2v) is 5.21. The molecular weight excluding hydrogens is 302 g/mol. The van der Waals surface area contributed by atoms with Gasteiger partial charge in [-0.2, -0.15) is 0 Å². The number of carbonyl (C=O) groups is 3. The highest BCUT2D eigenvalue weighted by Gasteiger charge is 2.31. The van der Waals surface area contributed by atoms with Crippen LogP contribution in [0.2, 0.25) is 0 Å². The Bertz CT molecular complexity index is 741. The molecule has 0 saturated heterocycles. The fourth-order valence-corrected chi connectivity index (χ4v) is 2.52. The maximum Gasteiger partial charge on any atom is 0.277 e. The Labute approximate surface area is 131 Å². The number of carbonyl (C=O) groups excluding carboxylic acids is 3. The molecule has 3 amide bonds. The van der Waals surface area contributed by atoms with Crippen LogP contribution in [0.1, 0.15) is 5.56 Å². The van der Waals surface area contributed by atoms with Gasteiger partial charge in [-0.25, -0.2) is 0 Å². The van der Waals surface area contributed by atoms with Crippen LogP contribution in [-0.4, -0.2) is 47.5 Å². The number of nitrogens with zero attached hydrogens (tertiary/aromatic N) is 1. The SMILES string of the molecule is Cc1cc(NC2=CC(=O)N(CCO)C2=O)cc2c1OCC(=O)N2. The van der Waals surface area contributed by atoms with Gasteiger partial charge in [0, 0.05) is 11.8 Å². The highest BCUT2D eigenvalue weighted by molar-refractivity contribution is 6.17. The third-order valence-electron chi connectivity index (χ3n) is 3.51. The van der Waals surface area contributed by atoms with Crippen molar-refractivity contribution in [2.75, 3.05) is 30.4 Å². The van der Waals surface area contributed by atoms with Crippen molar-refractivity contribution in [1.29, 1.82) is 0 Å². The van der Waals surface area contributed by atoms with Crippen LogP contribution in [0.15, 0.2) is 23.9 Å². The first-order valence-electron chi connectivity index (χ1n) is 7.02. The van der Waals surface area contributed by atoms with Gasteiger partial charge in [-0.15, -0.1) is 0 Å². The Morgan fingerprint density at radius 1 is 1.35 bits per heavy atom. The number of fused-ring (bicyclic) bond motifs is 1. The molecule has 2 heterocycles. The zero-order chi connectivity index (χ0) is 16.6. The summed E-state index contributed by atoms with van der Waals surface area (Å²) < 4.78 is 5.37. The average molecular weight is 317 g/mol. The van der Waals surface area contributed by atoms with Crippen LogP contribution in [0.3, 0.4) is 0 Å². The van der Waals surface area contributed by atoms with Crippen LogP contribution >= 0.6 is 0 Å². The first-order valence-corrected chi connectivity index (χ1v) is 7.02. The number of hydrogen-bond acceptors (Lipinski definition) is 6. The van der Waals surface area contributed by atoms with E-state index in [4.69, 9.17) is 9.84 Å². The van der Waals surface area contributed by atoms with Crippen LogP contribution in [0.4, 0.5) is 11.4 Å². The molecule has 2 aliphatic rings. The average Bonchev–Trinajstić information content (AvgIpc) is 2.75. The van der Waals surface area contributed by atoms with Gasteiger partial charge in [-0.1, -0.05) is 0 Å². The van der Waals surface area contributed by atoms with E-state index in [9.17, 15) is 14.4 Å². The van der Waals surface area contributed by atoms with E-state index in [-0.39, 0.29) is 31.4 Å². The van der Waals surface area contributed by atoms with Gasteiger partial charge in [0.25, 0.3) is 17.7 Å². The van der Waals surface area contributed by atoms with Crippen LogP contribution in [0.5, 0.6) is 5.75 Å². The van der Waals surface area contributed by atoms with Crippen LogP contribution in [0.25, 0.3) is 0 Å². The molecule has 0 bridgehead atoms. The summed E-state index contributed by atoms with van der Waals surface area (Å²) in [5.41, 5.74) is 1.96. The zero-order valence-corrected chi connectivity index (χ0v) is 12.4. The lowest BCUT2D eigenvalue weighted by atomic mass is 10.1. The molecule has 1 aromatic rings. The van der Waals surface area contributed by atoms with Gasteiger partial charge in [0.05, 0.1) is 18.8 Å². The number of hydrogen-bond donors (Lipinski definition) is 3. The van der Waals surface area contributed by atoms with Gasteiger partial charge >= 0.3 is 0 Å². The fourth-order valence-electron chi connectivity index (χ4n) is 2.52. The van der Waals surface area contributed by atoms with E-state index in [0.29, 0.717) is 17.1 Å². The third-order valence-corrected chi connectivity index (χ3v) is 3.51. The first-order chi connectivity index (χ1) is 11.0. The Hall–Kier alpha value is -2.87. The van der Waals surface area contributed by atoms with Gasteiger partial charge in [0.2, 0.25) is 0 Å². The highest BCUT2D eigenvalue weighted by atomic mass is 16.5. The van der Waals surface area contributed by atoms with E-state index >= 15 is 0 Å². The van der Waals surface area contributed by atoms with Crippen molar-refractivity contribution in [2.24, 2.45) is 0 Å². The number of aliphatic hydroxyl groups is 1. The Balaban J connectivity index is 1.84. The van der Waals surface area contributed by atoms with Gasteiger partial charge in [-0.3, -0.25) is 19.3 Å². The quantitative estimate of drug-likeness (QED) is 0.674. The highest BCUT2D eigenvalue weighted by Crippen LogP contribution is 2.35. The number of amides is 3. The molecule has 0 saturated carbocycles. The first kappa shape index (κ1) is 15.0. The van der Waals surface area contributed by atoms with E-state index in [2.05, 4.69) is 10.6 Å². The lowest BCUT2D eigenvalue weighted by Gasteiger charge is -2.21. The predicted molar refractivity (Wildman–Crippen MR) is 80.8 cm³/mol. The zero-order valence-electron chi connectivity index (χ0n) is 12.4. The number of rotatable bonds is 4. The van der Waals surface area contributed by atoms with Crippen molar-refractivity contribution in [3.8, 4) is 5.75 Å². The minimum atomic E-state index is -0.500. The summed E-state index contributed by atoms with van der Waals surface area (Å²) in [7, 11) is 0. The second kappa shape index (κ2) is 5.73. The summed E-state index contributed by atoms with van der Waals surface area (Å²) in [4.78, 5) is 36.2. The molecule has 8 heteroatoms.